The van der Waals surface area contributed by atoms with Crippen LogP contribution in [0.5, 0.6) is 0 Å². The molecule has 1 heterocycles. The van der Waals surface area contributed by atoms with Crippen molar-refractivity contribution in [1.82, 2.24) is 15.0 Å². The zero-order chi connectivity index (χ0) is 38.4. The van der Waals surface area contributed by atoms with Crippen LogP contribution in [0.2, 0.25) is 0 Å². The molecule has 0 spiro atoms. The summed E-state index contributed by atoms with van der Waals surface area (Å²) in [5.41, 5.74) is 11.7. The monoisotopic (exact) mass is 754 g/mol. The molecule has 5 aromatic carbocycles. The highest BCUT2D eigenvalue weighted by Gasteiger charge is 2.52. The molecule has 4 heteroatoms. The van der Waals surface area contributed by atoms with Gasteiger partial charge in [-0.25, -0.2) is 15.0 Å². The Bertz CT molecular complexity index is 2390. The van der Waals surface area contributed by atoms with Gasteiger partial charge in [0, 0.05) is 16.7 Å². The summed E-state index contributed by atoms with van der Waals surface area (Å²) in [4.78, 5) is 15.9. The van der Waals surface area contributed by atoms with Crippen molar-refractivity contribution < 1.29 is 0 Å². The number of hydrogen-bond donors (Lipinski definition) is 0. The Hall–Kier alpha value is -5.40. The predicted octanol–water partition coefficient (Wildman–Crippen LogP) is 13.0. The summed E-state index contributed by atoms with van der Waals surface area (Å²) in [6.07, 6.45) is 16.9. The Morgan fingerprint density at radius 2 is 0.724 bits per heavy atom. The molecule has 4 nitrogen and oxygen atoms in total. The summed E-state index contributed by atoms with van der Waals surface area (Å²) in [5.74, 6) is 7.57. The molecule has 14 rings (SSSR count). The van der Waals surface area contributed by atoms with Crippen molar-refractivity contribution in [1.29, 1.82) is 5.26 Å². The third-order valence-electron chi connectivity index (χ3n) is 15.9. The Kier molecular flexibility index (Phi) is 7.95. The quantitative estimate of drug-likeness (QED) is 0.163. The minimum atomic E-state index is 0.348. The van der Waals surface area contributed by atoms with E-state index in [1.54, 1.807) is 0 Å². The molecular weight excluding hydrogens is 705 g/mol. The average Bonchev–Trinajstić information content (AvgIpc) is 3.26. The van der Waals surface area contributed by atoms with Crippen LogP contribution in [0.3, 0.4) is 0 Å². The van der Waals surface area contributed by atoms with Crippen molar-refractivity contribution in [2.45, 2.75) is 87.9 Å². The lowest BCUT2D eigenvalue weighted by atomic mass is 9.48. The molecule has 0 radical (unpaired) electrons. The highest BCUT2D eigenvalue weighted by Crippen LogP contribution is 2.62. The molecule has 0 unspecified atom stereocenters. The lowest BCUT2D eigenvalue weighted by molar-refractivity contribution is -0.00530. The fourth-order valence-electron chi connectivity index (χ4n) is 14.1. The summed E-state index contributed by atoms with van der Waals surface area (Å²) >= 11 is 0. The SMILES string of the molecule is N#Cc1ccc(-c2cc(-c3ccccc3)cc(-c3nc(-c4ccc(C56CC7CC(CC(C7)C5)C6)cc4)nc(-c4ccc(C56CC7CC(CC(C7)C5)C6)cc4)n3)c2)cc1. The number of nitriles is 1. The van der Waals surface area contributed by atoms with Gasteiger partial charge < -0.3 is 0 Å². The van der Waals surface area contributed by atoms with Crippen LogP contribution in [0.15, 0.2) is 121 Å². The zero-order valence-corrected chi connectivity index (χ0v) is 33.3. The average molecular weight is 755 g/mol. The summed E-state index contributed by atoms with van der Waals surface area (Å²) in [7, 11) is 0. The maximum Gasteiger partial charge on any atom is 0.164 e. The summed E-state index contributed by atoms with van der Waals surface area (Å²) < 4.78 is 0. The predicted molar refractivity (Wildman–Crippen MR) is 231 cm³/mol. The Morgan fingerprint density at radius 1 is 0.379 bits per heavy atom. The second-order valence-corrected chi connectivity index (χ2v) is 19.7. The number of rotatable bonds is 7. The minimum absolute atomic E-state index is 0.348. The van der Waals surface area contributed by atoms with Crippen LogP contribution in [0.25, 0.3) is 56.4 Å². The smallest absolute Gasteiger partial charge is 0.164 e. The molecule has 8 fully saturated rings. The van der Waals surface area contributed by atoms with E-state index in [1.807, 2.05) is 24.3 Å². The van der Waals surface area contributed by atoms with Gasteiger partial charge >= 0.3 is 0 Å². The Labute approximate surface area is 342 Å². The molecule has 6 aromatic rings. The first-order chi connectivity index (χ1) is 28.4. The fraction of sp³-hybridized carbons (Fsp3) is 0.370. The van der Waals surface area contributed by atoms with Gasteiger partial charge in [0.25, 0.3) is 0 Å². The molecule has 1 aromatic heterocycles. The number of hydrogen-bond acceptors (Lipinski definition) is 4. The molecule has 8 aliphatic rings. The van der Waals surface area contributed by atoms with Crippen molar-refractivity contribution >= 4 is 0 Å². The molecule has 286 valence electrons. The first-order valence-electron chi connectivity index (χ1n) is 22.1. The molecule has 0 N–H and O–H groups in total. The number of benzene rings is 5. The normalized spacial score (nSPS) is 30.1. The molecule has 0 aliphatic heterocycles. The van der Waals surface area contributed by atoms with Gasteiger partial charge in [0.2, 0.25) is 0 Å². The third-order valence-corrected chi connectivity index (χ3v) is 15.9. The van der Waals surface area contributed by atoms with Gasteiger partial charge in [0.15, 0.2) is 17.5 Å². The van der Waals surface area contributed by atoms with Crippen LogP contribution in [-0.2, 0) is 10.8 Å². The first-order valence-corrected chi connectivity index (χ1v) is 22.1. The van der Waals surface area contributed by atoms with E-state index in [1.165, 1.54) is 88.2 Å². The van der Waals surface area contributed by atoms with E-state index in [-0.39, 0.29) is 0 Å². The molecule has 58 heavy (non-hydrogen) atoms. The van der Waals surface area contributed by atoms with Crippen LogP contribution < -0.4 is 0 Å². The Balaban J connectivity index is 0.965. The lowest BCUT2D eigenvalue weighted by Gasteiger charge is -2.57. The van der Waals surface area contributed by atoms with E-state index >= 15 is 0 Å². The van der Waals surface area contributed by atoms with Gasteiger partial charge in [-0.05, 0) is 187 Å². The van der Waals surface area contributed by atoms with E-state index < -0.39 is 0 Å². The van der Waals surface area contributed by atoms with E-state index in [9.17, 15) is 5.26 Å². The Morgan fingerprint density at radius 3 is 1.12 bits per heavy atom. The van der Waals surface area contributed by atoms with Gasteiger partial charge in [0.05, 0.1) is 11.6 Å². The summed E-state index contributed by atoms with van der Waals surface area (Å²) in [6.45, 7) is 0. The molecule has 8 aliphatic carbocycles. The van der Waals surface area contributed by atoms with Crippen molar-refractivity contribution in [3.05, 3.63) is 138 Å². The van der Waals surface area contributed by atoms with Crippen LogP contribution in [0.4, 0.5) is 0 Å². The van der Waals surface area contributed by atoms with Gasteiger partial charge in [-0.1, -0.05) is 91.0 Å². The van der Waals surface area contributed by atoms with E-state index in [2.05, 4.69) is 103 Å². The molecule has 0 amide bonds. The molecule has 8 bridgehead atoms. The minimum Gasteiger partial charge on any atom is -0.208 e. The van der Waals surface area contributed by atoms with Crippen LogP contribution in [0, 0.1) is 46.8 Å². The lowest BCUT2D eigenvalue weighted by Crippen LogP contribution is -2.48. The maximum absolute atomic E-state index is 9.52. The van der Waals surface area contributed by atoms with Gasteiger partial charge in [-0.2, -0.15) is 5.26 Å². The van der Waals surface area contributed by atoms with Gasteiger partial charge in [0.1, 0.15) is 0 Å². The first kappa shape index (κ1) is 34.6. The summed E-state index contributed by atoms with van der Waals surface area (Å²) in [6, 6.07) is 46.1. The molecule has 0 saturated heterocycles. The number of aromatic nitrogens is 3. The maximum atomic E-state index is 9.52. The second kappa shape index (κ2) is 13.3. The molecular formula is C54H50N4. The van der Waals surface area contributed by atoms with Crippen LogP contribution >= 0.6 is 0 Å². The van der Waals surface area contributed by atoms with Crippen LogP contribution in [0.1, 0.15) is 93.7 Å². The summed E-state index contributed by atoms with van der Waals surface area (Å²) in [5, 5.41) is 9.52. The largest absolute Gasteiger partial charge is 0.208 e. The highest BCUT2D eigenvalue weighted by molar-refractivity contribution is 5.80. The van der Waals surface area contributed by atoms with Crippen molar-refractivity contribution in [3.8, 4) is 62.5 Å². The van der Waals surface area contributed by atoms with Crippen LogP contribution in [-0.4, -0.2) is 15.0 Å². The number of nitrogens with zero attached hydrogens (tertiary/aromatic N) is 4. The van der Waals surface area contributed by atoms with E-state index in [0.717, 1.165) is 74.5 Å². The van der Waals surface area contributed by atoms with Gasteiger partial charge in [-0.15, -0.1) is 0 Å². The molecule has 0 atom stereocenters. The second-order valence-electron chi connectivity index (χ2n) is 19.7. The standard InChI is InChI=1S/C54H50N4/c55-33-34-6-8-42(9-7-34)46-24-45(41-4-2-1-3-5-41)25-47(26-46)52-57-50(43-10-14-48(15-11-43)53-27-35-18-36(28-53)20-37(19-35)29-53)56-51(58-52)44-12-16-49(17-13-44)54-30-38-21-39(31-54)23-40(22-38)32-54/h1-17,24-26,35-40H,18-23,27-32H2. The van der Waals surface area contributed by atoms with Gasteiger partial charge in [-0.3, -0.25) is 0 Å². The van der Waals surface area contributed by atoms with Crippen molar-refractivity contribution in [2.24, 2.45) is 35.5 Å². The van der Waals surface area contributed by atoms with Crippen molar-refractivity contribution in [2.75, 3.05) is 0 Å². The fourth-order valence-corrected chi connectivity index (χ4v) is 14.1. The zero-order valence-electron chi connectivity index (χ0n) is 33.3. The topological polar surface area (TPSA) is 62.5 Å². The van der Waals surface area contributed by atoms with Crippen molar-refractivity contribution in [3.63, 3.8) is 0 Å². The van der Waals surface area contributed by atoms with E-state index in [0.29, 0.717) is 33.9 Å². The third kappa shape index (κ3) is 5.95. The molecule has 8 saturated carbocycles. The highest BCUT2D eigenvalue weighted by atomic mass is 15.0. The van der Waals surface area contributed by atoms with E-state index in [4.69, 9.17) is 15.0 Å².